The van der Waals surface area contributed by atoms with Crippen LogP contribution in [0.3, 0.4) is 0 Å². The van der Waals surface area contributed by atoms with Crippen molar-refractivity contribution in [3.05, 3.63) is 0 Å². The Balaban J connectivity index is 2.90. The lowest BCUT2D eigenvalue weighted by molar-refractivity contribution is -0.257. The molecule has 1 aliphatic rings. The van der Waals surface area contributed by atoms with Gasteiger partial charge in [0.2, 0.25) is 6.29 Å². The van der Waals surface area contributed by atoms with Crippen molar-refractivity contribution in [3.8, 4) is 0 Å². The van der Waals surface area contributed by atoms with Crippen LogP contribution in [0.5, 0.6) is 0 Å². The number of hydrogen-bond acceptors (Lipinski definition) is 9. The Bertz CT molecular complexity index is 392. The topological polar surface area (TPSA) is 46.2 Å². The maximum Gasteiger partial charge on any atom is 0.203 e. The molecular weight excluding hydrogens is 564 g/mol. The van der Waals surface area contributed by atoms with Gasteiger partial charge in [-0.2, -0.15) is 0 Å². The first-order chi connectivity index (χ1) is 12.3. The van der Waals surface area contributed by atoms with Crippen LogP contribution in [0.1, 0.15) is 6.42 Å². The van der Waals surface area contributed by atoms with Crippen molar-refractivity contribution in [1.82, 2.24) is 0 Å². The molecule has 17 heteroatoms. The molecule has 1 heterocycles. The molecule has 12 atom stereocenters. The van der Waals surface area contributed by atoms with Crippen molar-refractivity contribution < 1.29 is 22.2 Å². The molecule has 156 valence electrons. The molecule has 0 bridgehead atoms. The largest absolute Gasteiger partial charge is 0.342 e. The molecule has 0 spiro atoms. The van der Waals surface area contributed by atoms with Gasteiger partial charge in [-0.1, -0.05) is 56.7 Å². The first kappa shape index (κ1) is 28.7. The van der Waals surface area contributed by atoms with E-state index in [1.807, 2.05) is 0 Å². The van der Waals surface area contributed by atoms with Gasteiger partial charge in [0.25, 0.3) is 0 Å². The second-order valence-electron chi connectivity index (χ2n) is 4.91. The van der Waals surface area contributed by atoms with Crippen LogP contribution in [-0.2, 0) is 22.2 Å². The third-order valence-corrected chi connectivity index (χ3v) is 16.6. The van der Waals surface area contributed by atoms with E-state index in [4.69, 9.17) is 22.2 Å². The van der Waals surface area contributed by atoms with Crippen LogP contribution in [0.2, 0.25) is 0 Å². The fourth-order valence-electron chi connectivity index (χ4n) is 1.77. The van der Waals surface area contributed by atoms with Crippen LogP contribution in [-0.4, -0.2) is 51.4 Å². The van der Waals surface area contributed by atoms with Gasteiger partial charge < -0.3 is 13.8 Å². The second-order valence-corrected chi connectivity index (χ2v) is 29.8. The summed E-state index contributed by atoms with van der Waals surface area (Å²) >= 11 is 6.16. The van der Waals surface area contributed by atoms with Gasteiger partial charge in [0.1, 0.15) is 6.10 Å². The first-order valence-corrected chi connectivity index (χ1v) is 25.8. The molecular formula is C9H26O5P8S4. The maximum atomic E-state index is 6.28. The lowest BCUT2D eigenvalue weighted by Gasteiger charge is -2.41. The van der Waals surface area contributed by atoms with E-state index >= 15 is 0 Å². The van der Waals surface area contributed by atoms with Gasteiger partial charge >= 0.3 is 0 Å². The van der Waals surface area contributed by atoms with E-state index in [0.717, 1.165) is 0 Å². The van der Waals surface area contributed by atoms with E-state index in [2.05, 4.69) is 61.4 Å². The molecule has 26 heavy (non-hydrogen) atoms. The van der Waals surface area contributed by atoms with Gasteiger partial charge in [0, 0.05) is 29.7 Å². The quantitative estimate of drug-likeness (QED) is 0.168. The maximum absolute atomic E-state index is 6.28. The molecule has 0 aromatic carbocycles. The normalized spacial score (nSPS) is 31.4. The molecule has 1 saturated heterocycles. The van der Waals surface area contributed by atoms with Crippen molar-refractivity contribution in [2.24, 2.45) is 0 Å². The molecule has 0 aliphatic carbocycles. The van der Waals surface area contributed by atoms with E-state index in [1.54, 1.807) is 22.0 Å². The van der Waals surface area contributed by atoms with Gasteiger partial charge in [-0.05, 0) is 40.3 Å². The zero-order valence-corrected chi connectivity index (χ0v) is 26.3. The van der Waals surface area contributed by atoms with Crippen LogP contribution < -0.4 is 0 Å². The summed E-state index contributed by atoms with van der Waals surface area (Å²) in [7, 11) is 9.62. The molecule has 1 rings (SSSR count). The molecule has 10 unspecified atom stereocenters. The third-order valence-electron chi connectivity index (χ3n) is 2.72. The summed E-state index contributed by atoms with van der Waals surface area (Å²) < 4.78 is 30.5. The van der Waals surface area contributed by atoms with Gasteiger partial charge in [-0.3, -0.25) is 8.37 Å². The zero-order chi connectivity index (χ0) is 19.7. The smallest absolute Gasteiger partial charge is 0.203 e. The van der Waals surface area contributed by atoms with Crippen LogP contribution >= 0.6 is 108 Å². The van der Waals surface area contributed by atoms with Crippen LogP contribution in [0, 0.1) is 0 Å². The van der Waals surface area contributed by atoms with E-state index in [1.165, 1.54) is 23.3 Å². The van der Waals surface area contributed by atoms with Crippen molar-refractivity contribution in [2.75, 3.05) is 26.7 Å². The van der Waals surface area contributed by atoms with Crippen molar-refractivity contribution in [3.63, 3.8) is 0 Å². The predicted molar refractivity (Wildman–Crippen MR) is 146 cm³/mol. The minimum absolute atomic E-state index is 0.138. The molecule has 1 fully saturated rings. The van der Waals surface area contributed by atoms with Gasteiger partial charge in [-0.15, -0.1) is 0 Å². The van der Waals surface area contributed by atoms with Crippen molar-refractivity contribution in [1.29, 1.82) is 0 Å². The summed E-state index contributed by atoms with van der Waals surface area (Å²) in [5.74, 6) is 0. The highest BCUT2D eigenvalue weighted by Crippen LogP contribution is 2.59. The highest BCUT2D eigenvalue weighted by Gasteiger charge is 2.44. The van der Waals surface area contributed by atoms with Crippen LogP contribution in [0.15, 0.2) is 0 Å². The van der Waals surface area contributed by atoms with Crippen molar-refractivity contribution in [2.45, 2.75) is 31.2 Å². The Labute approximate surface area is 187 Å². The SMILES string of the molecule is CP(P)SO[C@H]1OC(OP(C)SP)CC(OP(C)SP)[C@H]1OSP(C)P. The van der Waals surface area contributed by atoms with Crippen LogP contribution in [0.25, 0.3) is 0 Å². The molecule has 0 N–H and O–H groups in total. The second kappa shape index (κ2) is 16.3. The lowest BCUT2D eigenvalue weighted by Crippen LogP contribution is -2.50. The summed E-state index contributed by atoms with van der Waals surface area (Å²) in [6.45, 7) is 7.70. The minimum Gasteiger partial charge on any atom is -0.342 e. The van der Waals surface area contributed by atoms with Crippen molar-refractivity contribution >= 4 is 108 Å². The summed E-state index contributed by atoms with van der Waals surface area (Å²) in [5.41, 5.74) is 0. The molecule has 0 radical (unpaired) electrons. The summed E-state index contributed by atoms with van der Waals surface area (Å²) in [6.07, 6.45) is -0.693. The summed E-state index contributed by atoms with van der Waals surface area (Å²) in [5, 5.41) is 0. The Kier molecular flexibility index (Phi) is 18.0. The highest BCUT2D eigenvalue weighted by atomic mass is 33.1. The molecule has 5 nitrogen and oxygen atoms in total. The average Bonchev–Trinajstić information content (AvgIpc) is 2.58. The summed E-state index contributed by atoms with van der Waals surface area (Å²) in [6, 6.07) is 0. The molecule has 0 aromatic heterocycles. The predicted octanol–water partition coefficient (Wildman–Crippen LogP) is 7.72. The Hall–Kier alpha value is 4.64. The van der Waals surface area contributed by atoms with E-state index in [9.17, 15) is 0 Å². The average molecular weight is 590 g/mol. The monoisotopic (exact) mass is 590 g/mol. The molecule has 1 aliphatic heterocycles. The number of rotatable bonds is 12. The van der Waals surface area contributed by atoms with E-state index in [0.29, 0.717) is 6.42 Å². The number of ether oxygens (including phenoxy) is 1. The number of hydrogen-bond donors (Lipinski definition) is 0. The van der Waals surface area contributed by atoms with Gasteiger partial charge in [0.05, 0.1) is 14.7 Å². The highest BCUT2D eigenvalue weighted by molar-refractivity contribution is 8.78. The first-order valence-electron chi connectivity index (χ1n) is 7.10. The van der Waals surface area contributed by atoms with Gasteiger partial charge in [0.15, 0.2) is 12.4 Å². The minimum atomic E-state index is -0.631. The standard InChI is InChI=1S/C9H26O5P8S4/c1-19(25-17)11-6-5-7(12-20(2)26-18)10-9(14-24-22(4)16)8(6)13-23-21(3)15/h6-9H,5,15-18H2,1-4H3/t6?,7?,8-,9-,19?,20?,21?,22?/m1/s1. The molecule has 0 aromatic rings. The third kappa shape index (κ3) is 12.0. The fraction of sp³-hybridized carbons (Fsp3) is 1.00. The molecule has 0 saturated carbocycles. The Morgan fingerprint density at radius 1 is 0.885 bits per heavy atom. The van der Waals surface area contributed by atoms with Crippen LogP contribution in [0.4, 0.5) is 0 Å². The Morgan fingerprint density at radius 2 is 1.42 bits per heavy atom. The fourth-order valence-corrected chi connectivity index (χ4v) is 7.82. The Morgan fingerprint density at radius 3 is 1.96 bits per heavy atom. The van der Waals surface area contributed by atoms with E-state index < -0.39 is 21.0 Å². The van der Waals surface area contributed by atoms with Gasteiger partial charge in [-0.25, -0.2) is 0 Å². The molecule has 0 amide bonds. The lowest BCUT2D eigenvalue weighted by atomic mass is 10.1. The summed E-state index contributed by atoms with van der Waals surface area (Å²) in [4.78, 5) is 0. The zero-order valence-electron chi connectivity index (χ0n) is 14.8. The van der Waals surface area contributed by atoms with E-state index in [-0.39, 0.29) is 32.1 Å².